The summed E-state index contributed by atoms with van der Waals surface area (Å²) in [6.07, 6.45) is 1.78. The van der Waals surface area contributed by atoms with Crippen molar-refractivity contribution in [3.8, 4) is 28.0 Å². The molecule has 0 atom stereocenters. The van der Waals surface area contributed by atoms with Crippen molar-refractivity contribution in [3.05, 3.63) is 84.9 Å². The predicted octanol–water partition coefficient (Wildman–Crippen LogP) is 5.32. The quantitative estimate of drug-likeness (QED) is 0.650. The number of nitrogens with two attached hydrogens (primary N) is 1. The molecule has 120 valence electrons. The van der Waals surface area contributed by atoms with Crippen molar-refractivity contribution in [2.24, 2.45) is 5.73 Å². The second-order valence-electron chi connectivity index (χ2n) is 5.04. The van der Waals surface area contributed by atoms with E-state index in [-0.39, 0.29) is 0 Å². The van der Waals surface area contributed by atoms with Crippen LogP contribution in [0.2, 0.25) is 0 Å². The standard InChI is InChI=1S/C21H17O.CH5N/c1-3-16-15-20(13-14-21(16)22-2)19-11-9-18(10-12-19)17-7-5-4-6-8-17;1-2/h3-15H,1-2H2;2H2,1H3/q+1;. The van der Waals surface area contributed by atoms with Gasteiger partial charge in [0.15, 0.2) is 0 Å². The van der Waals surface area contributed by atoms with Crippen LogP contribution in [0.4, 0.5) is 0 Å². The van der Waals surface area contributed by atoms with Gasteiger partial charge in [-0.05, 0) is 41.4 Å². The fourth-order valence-corrected chi connectivity index (χ4v) is 2.50. The maximum atomic E-state index is 5.08. The second kappa shape index (κ2) is 8.61. The lowest BCUT2D eigenvalue weighted by Crippen LogP contribution is -1.82. The lowest BCUT2D eigenvalue weighted by Gasteiger charge is -2.05. The van der Waals surface area contributed by atoms with Crippen LogP contribution in [0.15, 0.2) is 79.4 Å². The molecule has 3 rings (SSSR count). The summed E-state index contributed by atoms with van der Waals surface area (Å²) < 4.78 is 5.08. The van der Waals surface area contributed by atoms with Gasteiger partial charge in [0.1, 0.15) is 0 Å². The molecule has 24 heavy (non-hydrogen) atoms. The summed E-state index contributed by atoms with van der Waals surface area (Å²) in [5.74, 6) is 0.736. The van der Waals surface area contributed by atoms with E-state index in [1.165, 1.54) is 23.7 Å². The fourth-order valence-electron chi connectivity index (χ4n) is 2.50. The van der Waals surface area contributed by atoms with Crippen molar-refractivity contribution < 1.29 is 4.42 Å². The zero-order chi connectivity index (χ0) is 17.4. The molecule has 0 aliphatic carbocycles. The van der Waals surface area contributed by atoms with Crippen LogP contribution >= 0.6 is 0 Å². The molecule has 0 aliphatic rings. The Kier molecular flexibility index (Phi) is 6.23. The van der Waals surface area contributed by atoms with Gasteiger partial charge in [0.25, 0.3) is 6.79 Å². The Morgan fingerprint density at radius 2 is 1.25 bits per heavy atom. The highest BCUT2D eigenvalue weighted by molar-refractivity contribution is 5.73. The van der Waals surface area contributed by atoms with E-state index in [2.05, 4.69) is 73.7 Å². The molecule has 0 fully saturated rings. The number of hydrogen-bond donors (Lipinski definition) is 1. The lowest BCUT2D eigenvalue weighted by molar-refractivity contribution is -0.355. The number of benzene rings is 3. The Hall–Kier alpha value is -2.97. The maximum absolute atomic E-state index is 5.08. The molecule has 2 nitrogen and oxygen atoms in total. The van der Waals surface area contributed by atoms with E-state index in [1.807, 2.05) is 18.2 Å². The molecule has 0 aromatic heterocycles. The van der Waals surface area contributed by atoms with Crippen LogP contribution < -0.4 is 5.73 Å². The van der Waals surface area contributed by atoms with Crippen molar-refractivity contribution in [2.45, 2.75) is 0 Å². The number of hydrogen-bond acceptors (Lipinski definition) is 1. The summed E-state index contributed by atoms with van der Waals surface area (Å²) >= 11 is 0. The van der Waals surface area contributed by atoms with Gasteiger partial charge in [-0.3, -0.25) is 0 Å². The van der Waals surface area contributed by atoms with Crippen molar-refractivity contribution in [1.82, 2.24) is 0 Å². The molecule has 0 amide bonds. The predicted molar refractivity (Wildman–Crippen MR) is 104 cm³/mol. The summed E-state index contributed by atoms with van der Waals surface area (Å²) in [6, 6.07) is 24.9. The van der Waals surface area contributed by atoms with Crippen molar-refractivity contribution in [1.29, 1.82) is 0 Å². The fraction of sp³-hybridized carbons (Fsp3) is 0.0455. The van der Waals surface area contributed by atoms with Gasteiger partial charge in [0.2, 0.25) is 0 Å². The molecule has 3 aromatic rings. The second-order valence-corrected chi connectivity index (χ2v) is 5.04. The van der Waals surface area contributed by atoms with Crippen LogP contribution in [0, 0.1) is 0 Å². The average Bonchev–Trinajstić information content (AvgIpc) is 2.69. The van der Waals surface area contributed by atoms with Gasteiger partial charge in [0, 0.05) is 6.07 Å². The van der Waals surface area contributed by atoms with E-state index in [4.69, 9.17) is 4.42 Å². The van der Waals surface area contributed by atoms with E-state index >= 15 is 0 Å². The largest absolute Gasteiger partial charge is 0.358 e. The van der Waals surface area contributed by atoms with Crippen LogP contribution in [-0.2, 0) is 4.42 Å². The van der Waals surface area contributed by atoms with Crippen molar-refractivity contribution in [2.75, 3.05) is 7.05 Å². The molecule has 0 bridgehead atoms. The summed E-state index contributed by atoms with van der Waals surface area (Å²) in [4.78, 5) is 0. The summed E-state index contributed by atoms with van der Waals surface area (Å²) in [7, 11) is 1.50. The maximum Gasteiger partial charge on any atom is 0.358 e. The van der Waals surface area contributed by atoms with Crippen LogP contribution in [0.1, 0.15) is 5.56 Å². The molecule has 3 aromatic carbocycles. The van der Waals surface area contributed by atoms with Crippen LogP contribution in [0.25, 0.3) is 28.3 Å². The third-order valence-corrected chi connectivity index (χ3v) is 3.71. The molecular weight excluding hydrogens is 294 g/mol. The first-order valence-corrected chi connectivity index (χ1v) is 7.74. The van der Waals surface area contributed by atoms with E-state index in [9.17, 15) is 0 Å². The van der Waals surface area contributed by atoms with Gasteiger partial charge in [-0.25, -0.2) is 4.42 Å². The van der Waals surface area contributed by atoms with Gasteiger partial charge < -0.3 is 5.73 Å². The Morgan fingerprint density at radius 3 is 1.79 bits per heavy atom. The summed E-state index contributed by atoms with van der Waals surface area (Å²) in [6.45, 7) is 7.28. The van der Waals surface area contributed by atoms with E-state index in [0.717, 1.165) is 16.9 Å². The zero-order valence-corrected chi connectivity index (χ0v) is 13.9. The summed E-state index contributed by atoms with van der Waals surface area (Å²) in [5.41, 5.74) is 10.2. The van der Waals surface area contributed by atoms with Gasteiger partial charge in [0.05, 0.1) is 5.56 Å². The van der Waals surface area contributed by atoms with Crippen molar-refractivity contribution >= 4 is 12.9 Å². The smallest absolute Gasteiger partial charge is 0.333 e. The molecule has 2 heteroatoms. The lowest BCUT2D eigenvalue weighted by atomic mass is 9.99. The summed E-state index contributed by atoms with van der Waals surface area (Å²) in [5, 5.41) is 0. The average molecular weight is 316 g/mol. The highest BCUT2D eigenvalue weighted by Gasteiger charge is 2.09. The van der Waals surface area contributed by atoms with Crippen LogP contribution in [-0.4, -0.2) is 13.8 Å². The Balaban J connectivity index is 0.00000100. The molecule has 0 saturated carbocycles. The highest BCUT2D eigenvalue weighted by atomic mass is 16.4. The van der Waals surface area contributed by atoms with Gasteiger partial charge >= 0.3 is 5.75 Å². The van der Waals surface area contributed by atoms with E-state index < -0.39 is 0 Å². The molecule has 0 saturated heterocycles. The first-order valence-electron chi connectivity index (χ1n) is 7.74. The molecule has 0 radical (unpaired) electrons. The first-order chi connectivity index (χ1) is 11.8. The minimum atomic E-state index is 0.736. The normalized spacial score (nSPS) is 9.58. The molecular formula is C22H22NO+. The van der Waals surface area contributed by atoms with Crippen LogP contribution in [0.3, 0.4) is 0 Å². The van der Waals surface area contributed by atoms with Crippen LogP contribution in [0.5, 0.6) is 5.75 Å². The van der Waals surface area contributed by atoms with Gasteiger partial charge in [-0.1, -0.05) is 67.3 Å². The van der Waals surface area contributed by atoms with E-state index in [1.54, 1.807) is 6.08 Å². The molecule has 2 N–H and O–H groups in total. The molecule has 0 spiro atoms. The first kappa shape index (κ1) is 17.4. The Bertz CT molecular complexity index is 805. The molecule has 0 aliphatic heterocycles. The number of carbonyl (C=O) groups excluding carboxylic acids is 1. The SMILES string of the molecule is C=Cc1cc(-c2ccc(-c3ccccc3)cc2)ccc1[O+]=C.CN. The topological polar surface area (TPSA) is 37.3 Å². The van der Waals surface area contributed by atoms with Crippen molar-refractivity contribution in [3.63, 3.8) is 0 Å². The highest BCUT2D eigenvalue weighted by Crippen LogP contribution is 2.29. The third kappa shape index (κ3) is 3.86. The zero-order valence-electron chi connectivity index (χ0n) is 13.9. The molecule has 0 unspecified atom stereocenters. The monoisotopic (exact) mass is 316 g/mol. The van der Waals surface area contributed by atoms with E-state index in [0.29, 0.717) is 0 Å². The Labute approximate surface area is 143 Å². The third-order valence-electron chi connectivity index (χ3n) is 3.71. The van der Waals surface area contributed by atoms with Gasteiger partial charge in [-0.2, -0.15) is 0 Å². The minimum absolute atomic E-state index is 0.736. The molecule has 0 heterocycles. The minimum Gasteiger partial charge on any atom is -0.333 e. The number of rotatable bonds is 4. The van der Waals surface area contributed by atoms with Gasteiger partial charge in [-0.15, -0.1) is 0 Å². The Morgan fingerprint density at radius 1 is 0.750 bits per heavy atom.